The zero-order chi connectivity index (χ0) is 18.7. The van der Waals surface area contributed by atoms with Gasteiger partial charge < -0.3 is 20.1 Å². The minimum Gasteiger partial charge on any atom is -0.495 e. The molecule has 1 atom stereocenters. The fourth-order valence-electron chi connectivity index (χ4n) is 3.85. The SMILES string of the molecule is COc1ccccc1N1CC(C(=O)NC2(C(=O)O)CCCCC2)CC1=O. The van der Waals surface area contributed by atoms with Crippen LogP contribution in [-0.2, 0) is 14.4 Å². The van der Waals surface area contributed by atoms with Crippen LogP contribution in [0.15, 0.2) is 24.3 Å². The quantitative estimate of drug-likeness (QED) is 0.837. The molecule has 1 unspecified atom stereocenters. The Morgan fingerprint density at radius 2 is 1.92 bits per heavy atom. The van der Waals surface area contributed by atoms with Crippen LogP contribution in [0, 0.1) is 5.92 Å². The third kappa shape index (κ3) is 3.38. The average Bonchev–Trinajstić information content (AvgIpc) is 3.04. The maximum atomic E-state index is 12.7. The zero-order valence-corrected chi connectivity index (χ0v) is 14.9. The molecule has 7 nitrogen and oxygen atoms in total. The van der Waals surface area contributed by atoms with Crippen LogP contribution < -0.4 is 15.0 Å². The lowest BCUT2D eigenvalue weighted by molar-refractivity contribution is -0.149. The molecule has 0 aromatic heterocycles. The summed E-state index contributed by atoms with van der Waals surface area (Å²) in [6.07, 6.45) is 3.48. The molecule has 2 fully saturated rings. The molecule has 2 amide bonds. The number of rotatable bonds is 5. The van der Waals surface area contributed by atoms with E-state index in [2.05, 4.69) is 5.32 Å². The van der Waals surface area contributed by atoms with E-state index in [9.17, 15) is 19.5 Å². The predicted molar refractivity (Wildman–Crippen MR) is 95.0 cm³/mol. The standard InChI is InChI=1S/C19H24N2O5/c1-26-15-8-4-3-7-14(15)21-12-13(11-16(21)22)17(23)20-19(18(24)25)9-5-2-6-10-19/h3-4,7-8,13H,2,5-6,9-12H2,1H3,(H,20,23)(H,24,25). The number of amides is 2. The molecule has 0 spiro atoms. The molecule has 1 aromatic carbocycles. The molecular formula is C19H24N2O5. The summed E-state index contributed by atoms with van der Waals surface area (Å²) in [5, 5.41) is 12.4. The van der Waals surface area contributed by atoms with Crippen LogP contribution in [0.5, 0.6) is 5.75 Å². The van der Waals surface area contributed by atoms with Gasteiger partial charge in [0.2, 0.25) is 11.8 Å². The number of para-hydroxylation sites is 2. The van der Waals surface area contributed by atoms with Crippen LogP contribution in [0.25, 0.3) is 0 Å². The van der Waals surface area contributed by atoms with Gasteiger partial charge in [0, 0.05) is 13.0 Å². The van der Waals surface area contributed by atoms with Gasteiger partial charge in [0.1, 0.15) is 11.3 Å². The maximum Gasteiger partial charge on any atom is 0.329 e. The van der Waals surface area contributed by atoms with Crippen molar-refractivity contribution in [2.45, 2.75) is 44.1 Å². The highest BCUT2D eigenvalue weighted by molar-refractivity contribution is 6.02. The number of carboxylic acids is 1. The Morgan fingerprint density at radius 1 is 1.23 bits per heavy atom. The normalized spacial score (nSPS) is 22.1. The van der Waals surface area contributed by atoms with E-state index in [1.54, 1.807) is 18.2 Å². The van der Waals surface area contributed by atoms with Crippen LogP contribution in [0.4, 0.5) is 5.69 Å². The summed E-state index contributed by atoms with van der Waals surface area (Å²) in [6.45, 7) is 0.223. The Balaban J connectivity index is 1.73. The number of nitrogens with zero attached hydrogens (tertiary/aromatic N) is 1. The van der Waals surface area contributed by atoms with Crippen molar-refractivity contribution >= 4 is 23.5 Å². The summed E-state index contributed by atoms with van der Waals surface area (Å²) in [6, 6.07) is 7.15. The maximum absolute atomic E-state index is 12.7. The van der Waals surface area contributed by atoms with Gasteiger partial charge in [-0.2, -0.15) is 0 Å². The van der Waals surface area contributed by atoms with Crippen LogP contribution in [0.2, 0.25) is 0 Å². The molecule has 1 aliphatic carbocycles. The lowest BCUT2D eigenvalue weighted by Gasteiger charge is -2.34. The summed E-state index contributed by atoms with van der Waals surface area (Å²) < 4.78 is 5.30. The van der Waals surface area contributed by atoms with Crippen LogP contribution in [-0.4, -0.2) is 42.1 Å². The molecule has 1 saturated carbocycles. The Labute approximate surface area is 152 Å². The van der Waals surface area contributed by atoms with E-state index in [-0.39, 0.29) is 24.8 Å². The van der Waals surface area contributed by atoms with Gasteiger partial charge in [0.05, 0.1) is 18.7 Å². The number of hydrogen-bond acceptors (Lipinski definition) is 4. The summed E-state index contributed by atoms with van der Waals surface area (Å²) in [7, 11) is 1.53. The Kier molecular flexibility index (Phi) is 5.15. The third-order valence-corrected chi connectivity index (χ3v) is 5.35. The van der Waals surface area contributed by atoms with Crippen LogP contribution in [0.1, 0.15) is 38.5 Å². The van der Waals surface area contributed by atoms with Crippen molar-refractivity contribution in [2.24, 2.45) is 5.92 Å². The van der Waals surface area contributed by atoms with E-state index in [1.165, 1.54) is 12.0 Å². The zero-order valence-electron chi connectivity index (χ0n) is 14.9. The monoisotopic (exact) mass is 360 g/mol. The smallest absolute Gasteiger partial charge is 0.329 e. The summed E-state index contributed by atoms with van der Waals surface area (Å²) in [4.78, 5) is 38.4. The fourth-order valence-corrected chi connectivity index (χ4v) is 3.85. The number of aliphatic carboxylic acids is 1. The van der Waals surface area contributed by atoms with Gasteiger partial charge in [0.15, 0.2) is 0 Å². The first-order chi connectivity index (χ1) is 12.5. The molecule has 2 N–H and O–H groups in total. The first kappa shape index (κ1) is 18.2. The number of methoxy groups -OCH3 is 1. The van der Waals surface area contributed by atoms with Crippen LogP contribution >= 0.6 is 0 Å². The molecule has 2 aliphatic rings. The molecule has 0 bridgehead atoms. The summed E-state index contributed by atoms with van der Waals surface area (Å²) in [5.74, 6) is -1.51. The molecule has 1 aliphatic heterocycles. The summed E-state index contributed by atoms with van der Waals surface area (Å²) in [5.41, 5.74) is -0.572. The van der Waals surface area contributed by atoms with Gasteiger partial charge >= 0.3 is 5.97 Å². The highest BCUT2D eigenvalue weighted by Gasteiger charge is 2.44. The molecule has 1 saturated heterocycles. The topological polar surface area (TPSA) is 95.9 Å². The third-order valence-electron chi connectivity index (χ3n) is 5.35. The van der Waals surface area contributed by atoms with Gasteiger partial charge in [0.25, 0.3) is 0 Å². The molecule has 140 valence electrons. The van der Waals surface area contributed by atoms with Crippen LogP contribution in [0.3, 0.4) is 0 Å². The van der Waals surface area contributed by atoms with Crippen molar-refractivity contribution in [3.63, 3.8) is 0 Å². The number of carbonyl (C=O) groups excluding carboxylic acids is 2. The van der Waals surface area contributed by atoms with E-state index < -0.39 is 17.4 Å². The van der Waals surface area contributed by atoms with Crippen molar-refractivity contribution in [2.75, 3.05) is 18.6 Å². The van der Waals surface area contributed by atoms with Gasteiger partial charge in [-0.15, -0.1) is 0 Å². The van der Waals surface area contributed by atoms with Gasteiger partial charge in [-0.3, -0.25) is 9.59 Å². The lowest BCUT2D eigenvalue weighted by atomic mass is 9.81. The van der Waals surface area contributed by atoms with Crippen molar-refractivity contribution < 1.29 is 24.2 Å². The molecule has 1 aromatic rings. The van der Waals surface area contributed by atoms with Crippen molar-refractivity contribution in [1.29, 1.82) is 0 Å². The van der Waals surface area contributed by atoms with Gasteiger partial charge in [-0.05, 0) is 25.0 Å². The average molecular weight is 360 g/mol. The largest absolute Gasteiger partial charge is 0.495 e. The first-order valence-corrected chi connectivity index (χ1v) is 8.95. The molecular weight excluding hydrogens is 336 g/mol. The molecule has 7 heteroatoms. The first-order valence-electron chi connectivity index (χ1n) is 8.95. The molecule has 1 heterocycles. The predicted octanol–water partition coefficient (Wildman–Crippen LogP) is 1.95. The number of benzene rings is 1. The summed E-state index contributed by atoms with van der Waals surface area (Å²) >= 11 is 0. The molecule has 0 radical (unpaired) electrons. The Morgan fingerprint density at radius 3 is 2.58 bits per heavy atom. The number of hydrogen-bond donors (Lipinski definition) is 2. The van der Waals surface area contributed by atoms with E-state index in [0.29, 0.717) is 24.3 Å². The highest BCUT2D eigenvalue weighted by Crippen LogP contribution is 2.34. The van der Waals surface area contributed by atoms with Crippen molar-refractivity contribution in [1.82, 2.24) is 5.32 Å². The Hall–Kier alpha value is -2.57. The number of ether oxygens (including phenoxy) is 1. The molecule has 3 rings (SSSR count). The van der Waals surface area contributed by atoms with E-state index in [1.807, 2.05) is 6.07 Å². The number of anilines is 1. The van der Waals surface area contributed by atoms with E-state index in [0.717, 1.165) is 19.3 Å². The fraction of sp³-hybridized carbons (Fsp3) is 0.526. The highest BCUT2D eigenvalue weighted by atomic mass is 16.5. The minimum absolute atomic E-state index is 0.0690. The lowest BCUT2D eigenvalue weighted by Crippen LogP contribution is -2.57. The number of nitrogens with one attached hydrogen (secondary N) is 1. The van der Waals surface area contributed by atoms with Crippen molar-refractivity contribution in [3.05, 3.63) is 24.3 Å². The minimum atomic E-state index is -1.20. The van der Waals surface area contributed by atoms with Crippen molar-refractivity contribution in [3.8, 4) is 5.75 Å². The van der Waals surface area contributed by atoms with Gasteiger partial charge in [-0.1, -0.05) is 31.4 Å². The second-order valence-corrected chi connectivity index (χ2v) is 7.01. The van der Waals surface area contributed by atoms with E-state index >= 15 is 0 Å². The second kappa shape index (κ2) is 7.35. The number of carboxylic acid groups (broad SMARTS) is 1. The van der Waals surface area contributed by atoms with E-state index in [4.69, 9.17) is 4.74 Å². The van der Waals surface area contributed by atoms with Gasteiger partial charge in [-0.25, -0.2) is 4.79 Å². The Bertz CT molecular complexity index is 712. The second-order valence-electron chi connectivity index (χ2n) is 7.01. The molecule has 26 heavy (non-hydrogen) atoms. The number of carbonyl (C=O) groups is 3.